The van der Waals surface area contributed by atoms with Crippen LogP contribution in [0.15, 0.2) is 91.4 Å². The lowest BCUT2D eigenvalue weighted by molar-refractivity contribution is -0.121. The first-order chi connectivity index (χ1) is 16.9. The van der Waals surface area contributed by atoms with E-state index in [1.165, 1.54) is 72.0 Å². The van der Waals surface area contributed by atoms with Gasteiger partial charge in [0.2, 0.25) is 0 Å². The lowest BCUT2D eigenvalue weighted by Crippen LogP contribution is -2.41. The highest BCUT2D eigenvalue weighted by Crippen LogP contribution is 2.29. The lowest BCUT2D eigenvalue weighted by atomic mass is 10.0. The van der Waals surface area contributed by atoms with Crippen LogP contribution in [-0.4, -0.2) is 26.7 Å². The minimum atomic E-state index is -1.20. The first-order valence-corrected chi connectivity index (χ1v) is 10.9. The molecule has 0 aliphatic carbocycles. The molecule has 0 saturated heterocycles. The van der Waals surface area contributed by atoms with Gasteiger partial charge in [0.15, 0.2) is 0 Å². The molecule has 1 heterocycles. The quantitative estimate of drug-likeness (QED) is 0.373. The molecular weight excluding hydrogens is 474 g/mol. The van der Waals surface area contributed by atoms with E-state index >= 15 is 0 Å². The first kappa shape index (κ1) is 24.0. The molecule has 0 spiro atoms. The van der Waals surface area contributed by atoms with Gasteiger partial charge in [0.05, 0.1) is 6.20 Å². The number of carbonyl (C=O) groups excluding carboxylic acids is 2. The van der Waals surface area contributed by atoms with Gasteiger partial charge in [-0.3, -0.25) is 14.6 Å². The van der Waals surface area contributed by atoms with E-state index in [4.69, 9.17) is 11.6 Å². The molecule has 9 heteroatoms. The molecule has 0 fully saturated rings. The number of halogens is 3. The normalized spacial score (nSPS) is 11.5. The van der Waals surface area contributed by atoms with E-state index in [1.54, 1.807) is 24.3 Å². The van der Waals surface area contributed by atoms with Crippen LogP contribution in [0.25, 0.3) is 0 Å². The maximum Gasteiger partial charge on any atom is 0.275 e. The molecule has 0 aliphatic rings. The Morgan fingerprint density at radius 1 is 0.914 bits per heavy atom. The average Bonchev–Trinajstić information content (AvgIpc) is 2.87. The van der Waals surface area contributed by atoms with E-state index in [0.29, 0.717) is 21.8 Å². The van der Waals surface area contributed by atoms with E-state index in [2.05, 4.69) is 15.3 Å². The monoisotopic (exact) mass is 492 g/mol. The number of benzene rings is 3. The van der Waals surface area contributed by atoms with E-state index in [-0.39, 0.29) is 12.2 Å². The Bertz CT molecular complexity index is 1320. The zero-order chi connectivity index (χ0) is 24.8. The van der Waals surface area contributed by atoms with Gasteiger partial charge in [-0.15, -0.1) is 0 Å². The summed E-state index contributed by atoms with van der Waals surface area (Å²) < 4.78 is 27.1. The number of rotatable bonds is 7. The Morgan fingerprint density at radius 2 is 1.57 bits per heavy atom. The molecule has 6 nitrogen and oxygen atoms in total. The van der Waals surface area contributed by atoms with E-state index in [1.807, 2.05) is 0 Å². The zero-order valence-electron chi connectivity index (χ0n) is 18.2. The van der Waals surface area contributed by atoms with Gasteiger partial charge < -0.3 is 10.2 Å². The van der Waals surface area contributed by atoms with Crippen molar-refractivity contribution >= 4 is 29.1 Å². The van der Waals surface area contributed by atoms with Crippen molar-refractivity contribution in [1.82, 2.24) is 14.9 Å². The first-order valence-electron chi connectivity index (χ1n) is 10.5. The fourth-order valence-electron chi connectivity index (χ4n) is 3.51. The predicted octanol–water partition coefficient (Wildman–Crippen LogP) is 5.43. The van der Waals surface area contributed by atoms with Crippen LogP contribution in [0, 0.1) is 11.6 Å². The molecule has 1 aromatic heterocycles. The SMILES string of the molecule is O=C(Nc1ccc(F)cc1)[C@H](c1ccc(F)cc1)N(Cc1ccccc1Cl)C(=O)c1cnccn1. The van der Waals surface area contributed by atoms with Crippen molar-refractivity contribution in [2.75, 3.05) is 5.32 Å². The summed E-state index contributed by atoms with van der Waals surface area (Å²) in [6, 6.07) is 16.2. The largest absolute Gasteiger partial charge is 0.324 e. The van der Waals surface area contributed by atoms with Crippen LogP contribution in [0.5, 0.6) is 0 Å². The fraction of sp³-hybridized carbons (Fsp3) is 0.0769. The molecule has 1 atom stereocenters. The summed E-state index contributed by atoms with van der Waals surface area (Å²) in [5, 5.41) is 3.11. The predicted molar refractivity (Wildman–Crippen MR) is 128 cm³/mol. The molecule has 176 valence electrons. The second-order valence-electron chi connectivity index (χ2n) is 7.57. The second-order valence-corrected chi connectivity index (χ2v) is 7.97. The Labute approximate surface area is 205 Å². The standard InChI is InChI=1S/C26H19ClF2N4O2/c27-22-4-2-1-3-18(22)16-33(26(35)23-15-30-13-14-31-23)24(17-5-7-19(28)8-6-17)25(34)32-21-11-9-20(29)10-12-21/h1-15,24H,16H2,(H,32,34)/t24-/m0/s1. The summed E-state index contributed by atoms with van der Waals surface area (Å²) in [5.41, 5.74) is 1.29. The van der Waals surface area contributed by atoms with Crippen molar-refractivity contribution in [3.8, 4) is 0 Å². The highest BCUT2D eigenvalue weighted by atomic mass is 35.5. The molecule has 0 bridgehead atoms. The minimum absolute atomic E-state index is 0.0150. The summed E-state index contributed by atoms with van der Waals surface area (Å²) in [6.45, 7) is -0.0477. The van der Waals surface area contributed by atoms with Crippen LogP contribution in [0.4, 0.5) is 14.5 Å². The molecule has 1 N–H and O–H groups in total. The van der Waals surface area contributed by atoms with Crippen molar-refractivity contribution in [2.24, 2.45) is 0 Å². The molecule has 0 aliphatic heterocycles. The van der Waals surface area contributed by atoms with Crippen LogP contribution in [0.3, 0.4) is 0 Å². The highest BCUT2D eigenvalue weighted by Gasteiger charge is 2.33. The highest BCUT2D eigenvalue weighted by molar-refractivity contribution is 6.31. The topological polar surface area (TPSA) is 75.2 Å². The lowest BCUT2D eigenvalue weighted by Gasteiger charge is -2.31. The number of aromatic nitrogens is 2. The Kier molecular flexibility index (Phi) is 7.42. The maximum atomic E-state index is 13.7. The van der Waals surface area contributed by atoms with Gasteiger partial charge in [-0.25, -0.2) is 13.8 Å². The third-order valence-electron chi connectivity index (χ3n) is 5.20. The summed E-state index contributed by atoms with van der Waals surface area (Å²) in [7, 11) is 0. The van der Waals surface area contributed by atoms with Gasteiger partial charge in [-0.1, -0.05) is 41.9 Å². The number of nitrogens with zero attached hydrogens (tertiary/aromatic N) is 3. The van der Waals surface area contributed by atoms with Crippen LogP contribution < -0.4 is 5.32 Å². The molecular formula is C26H19ClF2N4O2. The van der Waals surface area contributed by atoms with Crippen molar-refractivity contribution < 1.29 is 18.4 Å². The number of hydrogen-bond donors (Lipinski definition) is 1. The van der Waals surface area contributed by atoms with Crippen LogP contribution in [0.2, 0.25) is 5.02 Å². The molecule has 35 heavy (non-hydrogen) atoms. The number of anilines is 1. The molecule has 2 amide bonds. The zero-order valence-corrected chi connectivity index (χ0v) is 19.0. The van der Waals surface area contributed by atoms with Gasteiger partial charge in [0, 0.05) is 29.6 Å². The summed E-state index contributed by atoms with van der Waals surface area (Å²) in [6.07, 6.45) is 4.09. The molecule has 0 saturated carbocycles. The average molecular weight is 493 g/mol. The summed E-state index contributed by atoms with van der Waals surface area (Å²) in [5.74, 6) is -2.13. The van der Waals surface area contributed by atoms with Crippen LogP contribution in [-0.2, 0) is 11.3 Å². The van der Waals surface area contributed by atoms with Gasteiger partial charge in [0.25, 0.3) is 11.8 Å². The van der Waals surface area contributed by atoms with E-state index < -0.39 is 29.5 Å². The molecule has 4 rings (SSSR count). The van der Waals surface area contributed by atoms with Gasteiger partial charge in [-0.05, 0) is 53.6 Å². The van der Waals surface area contributed by atoms with Crippen molar-refractivity contribution in [2.45, 2.75) is 12.6 Å². The number of nitrogens with one attached hydrogen (secondary N) is 1. The third kappa shape index (κ3) is 5.85. The minimum Gasteiger partial charge on any atom is -0.324 e. The van der Waals surface area contributed by atoms with Crippen molar-refractivity contribution in [3.05, 3.63) is 125 Å². The van der Waals surface area contributed by atoms with Gasteiger partial charge in [-0.2, -0.15) is 0 Å². The van der Waals surface area contributed by atoms with E-state index in [0.717, 1.165) is 0 Å². The number of carbonyl (C=O) groups is 2. The van der Waals surface area contributed by atoms with Crippen LogP contribution in [0.1, 0.15) is 27.7 Å². The maximum absolute atomic E-state index is 13.7. The van der Waals surface area contributed by atoms with Crippen LogP contribution >= 0.6 is 11.6 Å². The Morgan fingerprint density at radius 3 is 2.20 bits per heavy atom. The third-order valence-corrected chi connectivity index (χ3v) is 5.57. The molecule has 0 unspecified atom stereocenters. The Balaban J connectivity index is 1.79. The fourth-order valence-corrected chi connectivity index (χ4v) is 3.70. The second kappa shape index (κ2) is 10.8. The summed E-state index contributed by atoms with van der Waals surface area (Å²) >= 11 is 6.36. The number of amides is 2. The molecule has 4 aromatic rings. The Hall–Kier alpha value is -4.17. The molecule has 3 aromatic carbocycles. The van der Waals surface area contributed by atoms with Gasteiger partial charge >= 0.3 is 0 Å². The smallest absolute Gasteiger partial charge is 0.275 e. The van der Waals surface area contributed by atoms with Gasteiger partial charge in [0.1, 0.15) is 23.4 Å². The van der Waals surface area contributed by atoms with Crippen molar-refractivity contribution in [1.29, 1.82) is 0 Å². The van der Waals surface area contributed by atoms with Crippen molar-refractivity contribution in [3.63, 3.8) is 0 Å². The van der Waals surface area contributed by atoms with E-state index in [9.17, 15) is 18.4 Å². The number of hydrogen-bond acceptors (Lipinski definition) is 4. The molecule has 0 radical (unpaired) electrons. The summed E-state index contributed by atoms with van der Waals surface area (Å²) in [4.78, 5) is 36.5.